The van der Waals surface area contributed by atoms with E-state index in [0.717, 1.165) is 23.6 Å². The molecule has 1 aliphatic carbocycles. The average molecular weight is 322 g/mol. The summed E-state index contributed by atoms with van der Waals surface area (Å²) < 4.78 is 5.07. The van der Waals surface area contributed by atoms with Crippen molar-refractivity contribution in [3.05, 3.63) is 48.0 Å². The van der Waals surface area contributed by atoms with Gasteiger partial charge in [-0.25, -0.2) is 4.79 Å². The molecule has 3 rings (SSSR count). The van der Waals surface area contributed by atoms with E-state index in [9.17, 15) is 14.9 Å². The summed E-state index contributed by atoms with van der Waals surface area (Å²) in [6, 6.07) is 15.1. The lowest BCUT2D eigenvalue weighted by Crippen LogP contribution is -2.48. The summed E-state index contributed by atoms with van der Waals surface area (Å²) in [5.74, 6) is -0.830. The predicted octanol–water partition coefficient (Wildman–Crippen LogP) is 2.81. The molecular formula is C19H18N2O3. The molecule has 0 bridgehead atoms. The first-order valence-corrected chi connectivity index (χ1v) is 7.90. The summed E-state index contributed by atoms with van der Waals surface area (Å²) in [5, 5.41) is 13.9. The molecule has 0 aromatic heterocycles. The second-order valence-corrected chi connectivity index (χ2v) is 6.27. The number of nitrogens with zero attached hydrogens (tertiary/aromatic N) is 1. The zero-order valence-electron chi connectivity index (χ0n) is 13.4. The van der Waals surface area contributed by atoms with Crippen molar-refractivity contribution in [2.75, 3.05) is 6.61 Å². The minimum Gasteiger partial charge on any atom is -0.452 e. The van der Waals surface area contributed by atoms with Crippen LogP contribution in [0.2, 0.25) is 0 Å². The molecule has 2 aromatic rings. The van der Waals surface area contributed by atoms with E-state index in [1.165, 1.54) is 0 Å². The smallest absolute Gasteiger partial charge is 0.338 e. The van der Waals surface area contributed by atoms with Crippen LogP contribution in [0.15, 0.2) is 42.5 Å². The molecule has 1 aliphatic rings. The number of nitrogens with one attached hydrogen (secondary N) is 1. The van der Waals surface area contributed by atoms with Gasteiger partial charge in [-0.3, -0.25) is 4.79 Å². The Morgan fingerprint density at radius 2 is 1.96 bits per heavy atom. The molecule has 0 aliphatic heterocycles. The summed E-state index contributed by atoms with van der Waals surface area (Å²) in [7, 11) is 0. The number of fused-ring (bicyclic) bond motifs is 1. The lowest BCUT2D eigenvalue weighted by atomic mass is 9.98. The second-order valence-electron chi connectivity index (χ2n) is 6.27. The van der Waals surface area contributed by atoms with Crippen LogP contribution in [0.4, 0.5) is 0 Å². The Morgan fingerprint density at radius 1 is 1.25 bits per heavy atom. The number of carbonyl (C=O) groups is 2. The number of esters is 1. The number of rotatable bonds is 5. The van der Waals surface area contributed by atoms with Gasteiger partial charge in [0.1, 0.15) is 5.54 Å². The molecule has 1 atom stereocenters. The number of ether oxygens (including phenoxy) is 1. The Kier molecular flexibility index (Phi) is 4.22. The zero-order valence-corrected chi connectivity index (χ0v) is 13.4. The first-order chi connectivity index (χ1) is 11.5. The number of carbonyl (C=O) groups excluding carboxylic acids is 2. The van der Waals surface area contributed by atoms with Crippen molar-refractivity contribution in [3.8, 4) is 6.07 Å². The fourth-order valence-corrected chi connectivity index (χ4v) is 2.74. The molecule has 0 radical (unpaired) electrons. The normalized spacial score (nSPS) is 16.0. The van der Waals surface area contributed by atoms with Gasteiger partial charge in [0.25, 0.3) is 5.91 Å². The van der Waals surface area contributed by atoms with Gasteiger partial charge in [-0.1, -0.05) is 30.3 Å². The van der Waals surface area contributed by atoms with Gasteiger partial charge in [-0.2, -0.15) is 5.26 Å². The van der Waals surface area contributed by atoms with Gasteiger partial charge in [-0.05, 0) is 48.6 Å². The van der Waals surface area contributed by atoms with E-state index < -0.39 is 24.0 Å². The van der Waals surface area contributed by atoms with Gasteiger partial charge >= 0.3 is 5.97 Å². The van der Waals surface area contributed by atoms with Crippen LogP contribution in [0.3, 0.4) is 0 Å². The zero-order chi connectivity index (χ0) is 17.2. The van der Waals surface area contributed by atoms with Crippen molar-refractivity contribution < 1.29 is 14.3 Å². The Labute approximate surface area is 140 Å². The third kappa shape index (κ3) is 3.38. The van der Waals surface area contributed by atoms with E-state index in [4.69, 9.17) is 4.74 Å². The van der Waals surface area contributed by atoms with Gasteiger partial charge < -0.3 is 10.1 Å². The van der Waals surface area contributed by atoms with Crippen molar-refractivity contribution in [2.45, 2.75) is 25.3 Å². The molecule has 24 heavy (non-hydrogen) atoms. The molecule has 1 saturated carbocycles. The van der Waals surface area contributed by atoms with Crippen LogP contribution in [0.5, 0.6) is 0 Å². The van der Waals surface area contributed by atoms with Crippen molar-refractivity contribution in [3.63, 3.8) is 0 Å². The first kappa shape index (κ1) is 16.0. The highest BCUT2D eigenvalue weighted by Gasteiger charge is 2.43. The Morgan fingerprint density at radius 3 is 2.62 bits per heavy atom. The standard InChI is InChI=1S/C19H18N2O3/c1-19(12-20,16-8-9-16)21-17(22)11-24-18(23)15-7-6-13-4-2-3-5-14(13)10-15/h2-7,10,16H,8-9,11H2,1H3,(H,21,22)/t19-/m1/s1. The molecular weight excluding hydrogens is 304 g/mol. The molecule has 0 spiro atoms. The first-order valence-electron chi connectivity index (χ1n) is 7.90. The third-order valence-electron chi connectivity index (χ3n) is 4.34. The van der Waals surface area contributed by atoms with Crippen molar-refractivity contribution in [1.82, 2.24) is 5.32 Å². The number of amides is 1. The predicted molar refractivity (Wildman–Crippen MR) is 89.1 cm³/mol. The maximum absolute atomic E-state index is 12.1. The topological polar surface area (TPSA) is 79.2 Å². The maximum atomic E-state index is 12.1. The molecule has 5 nitrogen and oxygen atoms in total. The van der Waals surface area contributed by atoms with Crippen LogP contribution in [0.25, 0.3) is 10.8 Å². The highest BCUT2D eigenvalue weighted by Crippen LogP contribution is 2.39. The molecule has 0 heterocycles. The largest absolute Gasteiger partial charge is 0.452 e. The monoisotopic (exact) mass is 322 g/mol. The van der Waals surface area contributed by atoms with Gasteiger partial charge in [0, 0.05) is 0 Å². The van der Waals surface area contributed by atoms with Crippen molar-refractivity contribution in [2.24, 2.45) is 5.92 Å². The van der Waals surface area contributed by atoms with Crippen LogP contribution in [-0.4, -0.2) is 24.0 Å². The number of hydrogen-bond donors (Lipinski definition) is 1. The average Bonchev–Trinajstić information content (AvgIpc) is 3.44. The molecule has 1 fully saturated rings. The summed E-state index contributed by atoms with van der Waals surface area (Å²) in [4.78, 5) is 24.1. The maximum Gasteiger partial charge on any atom is 0.338 e. The SMILES string of the molecule is C[C@](C#N)(NC(=O)COC(=O)c1ccc2ccccc2c1)C1CC1. The summed E-state index contributed by atoms with van der Waals surface area (Å²) in [5.41, 5.74) is -0.487. The molecule has 0 unspecified atom stereocenters. The van der Waals surface area contributed by atoms with Crippen molar-refractivity contribution >= 4 is 22.6 Å². The molecule has 1 N–H and O–H groups in total. The number of hydrogen-bond acceptors (Lipinski definition) is 4. The minimum atomic E-state index is -0.882. The fourth-order valence-electron chi connectivity index (χ4n) is 2.74. The summed E-state index contributed by atoms with van der Waals surface area (Å²) in [6.45, 7) is 1.31. The van der Waals surface area contributed by atoms with E-state index in [2.05, 4.69) is 11.4 Å². The second kappa shape index (κ2) is 6.32. The highest BCUT2D eigenvalue weighted by molar-refractivity contribution is 5.96. The van der Waals surface area contributed by atoms with Gasteiger partial charge in [0.15, 0.2) is 6.61 Å². The van der Waals surface area contributed by atoms with Crippen LogP contribution < -0.4 is 5.32 Å². The van der Waals surface area contributed by atoms with E-state index in [0.29, 0.717) is 5.56 Å². The number of benzene rings is 2. The Hall–Kier alpha value is -2.87. The summed E-state index contributed by atoms with van der Waals surface area (Å²) in [6.07, 6.45) is 1.86. The van der Waals surface area contributed by atoms with Crippen LogP contribution >= 0.6 is 0 Å². The van der Waals surface area contributed by atoms with E-state index in [1.54, 1.807) is 19.1 Å². The molecule has 2 aromatic carbocycles. The van der Waals surface area contributed by atoms with Crippen LogP contribution in [-0.2, 0) is 9.53 Å². The fraction of sp³-hybridized carbons (Fsp3) is 0.316. The molecule has 5 heteroatoms. The van der Waals surface area contributed by atoms with Gasteiger partial charge in [0.2, 0.25) is 0 Å². The molecule has 122 valence electrons. The van der Waals surface area contributed by atoms with E-state index in [-0.39, 0.29) is 5.92 Å². The Bertz CT molecular complexity index is 836. The molecule has 1 amide bonds. The van der Waals surface area contributed by atoms with Crippen LogP contribution in [0.1, 0.15) is 30.1 Å². The quantitative estimate of drug-likeness (QED) is 0.859. The minimum absolute atomic E-state index is 0.183. The van der Waals surface area contributed by atoms with Gasteiger partial charge in [0.05, 0.1) is 11.6 Å². The summed E-state index contributed by atoms with van der Waals surface area (Å²) >= 11 is 0. The number of nitriles is 1. The highest BCUT2D eigenvalue weighted by atomic mass is 16.5. The lowest BCUT2D eigenvalue weighted by Gasteiger charge is -2.22. The van der Waals surface area contributed by atoms with Crippen LogP contribution in [0, 0.1) is 17.2 Å². The third-order valence-corrected chi connectivity index (χ3v) is 4.34. The lowest BCUT2D eigenvalue weighted by molar-refractivity contribution is -0.125. The Balaban J connectivity index is 1.60. The molecule has 0 saturated heterocycles. The van der Waals surface area contributed by atoms with Gasteiger partial charge in [-0.15, -0.1) is 0 Å². The van der Waals surface area contributed by atoms with E-state index >= 15 is 0 Å². The van der Waals surface area contributed by atoms with E-state index in [1.807, 2.05) is 30.3 Å². The van der Waals surface area contributed by atoms with Crippen molar-refractivity contribution in [1.29, 1.82) is 5.26 Å².